The normalized spacial score (nSPS) is 11.9. The van der Waals surface area contributed by atoms with Gasteiger partial charge in [-0.3, -0.25) is 0 Å². The summed E-state index contributed by atoms with van der Waals surface area (Å²) in [6, 6.07) is 5.87. The van der Waals surface area contributed by atoms with Gasteiger partial charge < -0.3 is 9.47 Å². The zero-order valence-corrected chi connectivity index (χ0v) is 17.5. The molecule has 144 valence electrons. The zero-order valence-electron chi connectivity index (χ0n) is 15.8. The minimum atomic E-state index is -1.18. The minimum absolute atomic E-state index is 0.235. The second-order valence-corrected chi connectivity index (χ2v) is 13.4. The number of fused-ring (bicyclic) bond motifs is 1. The van der Waals surface area contributed by atoms with Gasteiger partial charge in [0, 0.05) is 20.1 Å². The van der Waals surface area contributed by atoms with E-state index in [4.69, 9.17) is 21.1 Å². The summed E-state index contributed by atoms with van der Waals surface area (Å²) >= 11 is 6.07. The quantitative estimate of drug-likeness (QED) is 0.324. The largest absolute Gasteiger partial charge is 0.481 e. The van der Waals surface area contributed by atoms with E-state index in [1.807, 2.05) is 0 Å². The lowest BCUT2D eigenvalue weighted by molar-refractivity contribution is 0.0814. The molecule has 0 aliphatic rings. The van der Waals surface area contributed by atoms with Crippen molar-refractivity contribution in [2.75, 3.05) is 13.7 Å². The number of nitrogens with zero attached hydrogens (tertiary/aromatic N) is 4. The van der Waals surface area contributed by atoms with Crippen LogP contribution >= 0.6 is 11.6 Å². The Kier molecular flexibility index (Phi) is 5.78. The number of hydrogen-bond acceptors (Lipinski definition) is 5. The van der Waals surface area contributed by atoms with Crippen molar-refractivity contribution in [3.63, 3.8) is 0 Å². The topological polar surface area (TPSA) is 62.1 Å². The summed E-state index contributed by atoms with van der Waals surface area (Å²) < 4.78 is 26.5. The highest BCUT2D eigenvalue weighted by Crippen LogP contribution is 2.33. The maximum atomic E-state index is 13.8. The van der Waals surface area contributed by atoms with Crippen LogP contribution < -0.4 is 4.74 Å². The molecule has 0 saturated carbocycles. The van der Waals surface area contributed by atoms with Gasteiger partial charge in [-0.2, -0.15) is 5.10 Å². The average molecular weight is 409 g/mol. The van der Waals surface area contributed by atoms with Crippen LogP contribution in [0.4, 0.5) is 4.39 Å². The zero-order chi connectivity index (χ0) is 19.6. The van der Waals surface area contributed by atoms with E-state index < -0.39 is 13.9 Å². The number of rotatable bonds is 7. The maximum Gasteiger partial charge on any atom is 0.222 e. The third kappa shape index (κ3) is 4.63. The van der Waals surface area contributed by atoms with Gasteiger partial charge >= 0.3 is 0 Å². The molecule has 27 heavy (non-hydrogen) atoms. The van der Waals surface area contributed by atoms with E-state index in [9.17, 15) is 4.39 Å². The molecule has 3 rings (SSSR count). The second kappa shape index (κ2) is 7.91. The summed E-state index contributed by atoms with van der Waals surface area (Å²) in [6.45, 7) is 7.77. The minimum Gasteiger partial charge on any atom is -0.481 e. The molecule has 0 radical (unpaired) electrons. The van der Waals surface area contributed by atoms with Gasteiger partial charge in [-0.05, 0) is 24.2 Å². The molecule has 0 N–H and O–H groups in total. The second-order valence-electron chi connectivity index (χ2n) is 7.41. The Hall–Kier alpha value is -2.03. The van der Waals surface area contributed by atoms with Crippen molar-refractivity contribution in [1.82, 2.24) is 19.7 Å². The fraction of sp³-hybridized carbons (Fsp3) is 0.389. The van der Waals surface area contributed by atoms with Crippen LogP contribution in [0.2, 0.25) is 30.8 Å². The predicted molar refractivity (Wildman–Crippen MR) is 106 cm³/mol. The van der Waals surface area contributed by atoms with Crippen LogP contribution in [-0.2, 0) is 11.5 Å². The number of halogens is 2. The molecule has 0 saturated heterocycles. The Bertz CT molecular complexity index is 958. The van der Waals surface area contributed by atoms with Crippen LogP contribution in [-0.4, -0.2) is 41.5 Å². The fourth-order valence-corrected chi connectivity index (χ4v) is 3.51. The first-order valence-electron chi connectivity index (χ1n) is 8.59. The van der Waals surface area contributed by atoms with Crippen LogP contribution in [0.15, 0.2) is 24.4 Å². The summed E-state index contributed by atoms with van der Waals surface area (Å²) in [5.41, 5.74) is 1.54. The van der Waals surface area contributed by atoms with E-state index >= 15 is 0 Å². The Balaban J connectivity index is 1.99. The standard InChI is InChI=1S/C18H22ClFN4O2Si/c1-25-18-14(9-12(20)10-21-18)16-13-5-6-15(19)22-17(13)24(23-16)11-26-7-8-27(2,3)4/h5-6,9-10H,7-8,11H2,1-4H3. The molecule has 6 nitrogen and oxygen atoms in total. The Morgan fingerprint density at radius 1 is 1.26 bits per heavy atom. The summed E-state index contributed by atoms with van der Waals surface area (Å²) in [4.78, 5) is 8.36. The molecule has 0 fully saturated rings. The van der Waals surface area contributed by atoms with Crippen molar-refractivity contribution in [2.45, 2.75) is 32.4 Å². The molecule has 3 heterocycles. The van der Waals surface area contributed by atoms with Gasteiger partial charge in [-0.25, -0.2) is 19.0 Å². The van der Waals surface area contributed by atoms with Crippen LogP contribution in [0, 0.1) is 5.82 Å². The van der Waals surface area contributed by atoms with E-state index in [0.717, 1.165) is 17.6 Å². The number of hydrogen-bond donors (Lipinski definition) is 0. The molecule has 0 atom stereocenters. The lowest BCUT2D eigenvalue weighted by atomic mass is 10.1. The van der Waals surface area contributed by atoms with Crippen LogP contribution in [0.1, 0.15) is 0 Å². The summed E-state index contributed by atoms with van der Waals surface area (Å²) in [5.74, 6) is -0.181. The van der Waals surface area contributed by atoms with Crippen molar-refractivity contribution in [2.24, 2.45) is 0 Å². The molecule has 3 aromatic heterocycles. The highest BCUT2D eigenvalue weighted by Gasteiger charge is 2.19. The van der Waals surface area contributed by atoms with Crippen molar-refractivity contribution in [3.05, 3.63) is 35.4 Å². The van der Waals surface area contributed by atoms with Crippen molar-refractivity contribution in [3.8, 4) is 17.1 Å². The molecule has 0 aliphatic heterocycles. The van der Waals surface area contributed by atoms with Crippen molar-refractivity contribution < 1.29 is 13.9 Å². The third-order valence-electron chi connectivity index (χ3n) is 4.04. The Morgan fingerprint density at radius 3 is 2.74 bits per heavy atom. The maximum absolute atomic E-state index is 13.8. The number of pyridine rings is 2. The van der Waals surface area contributed by atoms with Gasteiger partial charge in [0.05, 0.1) is 18.9 Å². The van der Waals surface area contributed by atoms with Crippen molar-refractivity contribution in [1.29, 1.82) is 0 Å². The molecule has 3 aromatic rings. The molecular formula is C18H22ClFN4O2Si. The lowest BCUT2D eigenvalue weighted by Crippen LogP contribution is -2.22. The first kappa shape index (κ1) is 19.7. The molecule has 0 unspecified atom stereocenters. The van der Waals surface area contributed by atoms with Crippen LogP contribution in [0.25, 0.3) is 22.3 Å². The average Bonchev–Trinajstić information content (AvgIpc) is 2.95. The highest BCUT2D eigenvalue weighted by molar-refractivity contribution is 6.76. The SMILES string of the molecule is COc1ncc(F)cc1-c1nn(COCC[Si](C)(C)C)c2nc(Cl)ccc12. The van der Waals surface area contributed by atoms with Gasteiger partial charge in [0.15, 0.2) is 5.65 Å². The predicted octanol–water partition coefficient (Wildman–Crippen LogP) is 4.61. The summed E-state index contributed by atoms with van der Waals surface area (Å²) in [5, 5.41) is 5.65. The molecule has 0 amide bonds. The highest BCUT2D eigenvalue weighted by atomic mass is 35.5. The van der Waals surface area contributed by atoms with Crippen LogP contribution in [0.3, 0.4) is 0 Å². The number of methoxy groups -OCH3 is 1. The summed E-state index contributed by atoms with van der Waals surface area (Å²) in [7, 11) is 0.302. The monoisotopic (exact) mass is 408 g/mol. The van der Waals surface area contributed by atoms with Crippen LogP contribution in [0.5, 0.6) is 5.88 Å². The van der Waals surface area contributed by atoms with Gasteiger partial charge in [0.25, 0.3) is 0 Å². The van der Waals surface area contributed by atoms with Gasteiger partial charge in [0.1, 0.15) is 23.4 Å². The van der Waals surface area contributed by atoms with E-state index in [2.05, 4.69) is 34.7 Å². The first-order chi connectivity index (χ1) is 12.8. The molecular weight excluding hydrogens is 387 g/mol. The fourth-order valence-electron chi connectivity index (χ4n) is 2.61. The van der Waals surface area contributed by atoms with E-state index in [-0.39, 0.29) is 12.6 Å². The summed E-state index contributed by atoms with van der Waals surface area (Å²) in [6.07, 6.45) is 1.11. The molecule has 9 heteroatoms. The number of aromatic nitrogens is 4. The first-order valence-corrected chi connectivity index (χ1v) is 12.7. The van der Waals surface area contributed by atoms with E-state index in [1.165, 1.54) is 13.2 Å². The van der Waals surface area contributed by atoms with Gasteiger partial charge in [0.2, 0.25) is 5.88 Å². The van der Waals surface area contributed by atoms with E-state index in [0.29, 0.717) is 28.7 Å². The van der Waals surface area contributed by atoms with Crippen molar-refractivity contribution >= 4 is 30.7 Å². The Morgan fingerprint density at radius 2 is 2.04 bits per heavy atom. The lowest BCUT2D eigenvalue weighted by Gasteiger charge is -2.15. The smallest absolute Gasteiger partial charge is 0.222 e. The Labute approximate surface area is 163 Å². The molecule has 0 aliphatic carbocycles. The van der Waals surface area contributed by atoms with Gasteiger partial charge in [-0.15, -0.1) is 0 Å². The molecule has 0 bridgehead atoms. The van der Waals surface area contributed by atoms with Gasteiger partial charge in [-0.1, -0.05) is 31.2 Å². The number of ether oxygens (including phenoxy) is 2. The molecule has 0 aromatic carbocycles. The van der Waals surface area contributed by atoms with E-state index in [1.54, 1.807) is 16.8 Å². The molecule has 0 spiro atoms. The third-order valence-corrected chi connectivity index (χ3v) is 5.95.